The molecule has 2 aromatic carbocycles. The van der Waals surface area contributed by atoms with Crippen LogP contribution in [0.1, 0.15) is 17.3 Å². The molecular weight excluding hydrogens is 398 g/mol. The zero-order chi connectivity index (χ0) is 19.8. The number of aliphatic hydroxyl groups is 1. The Kier molecular flexibility index (Phi) is 4.92. The maximum absolute atomic E-state index is 12.2. The number of thiazole rings is 1. The summed E-state index contributed by atoms with van der Waals surface area (Å²) in [5.41, 5.74) is 2.94. The number of nitrogens with zero attached hydrogens (tertiary/aromatic N) is 3. The molecular formula is C19H18ClN5O2S. The summed E-state index contributed by atoms with van der Waals surface area (Å²) in [6.07, 6.45) is -0.595. The summed E-state index contributed by atoms with van der Waals surface area (Å²) < 4.78 is 2.90. The van der Waals surface area contributed by atoms with Crippen molar-refractivity contribution < 1.29 is 9.90 Å². The first-order valence-corrected chi connectivity index (χ1v) is 9.86. The molecule has 0 aliphatic carbocycles. The number of hydrogen-bond acceptors (Lipinski definition) is 6. The van der Waals surface area contributed by atoms with E-state index in [1.165, 1.54) is 11.3 Å². The maximum atomic E-state index is 12.2. The van der Waals surface area contributed by atoms with E-state index < -0.39 is 6.10 Å². The Labute approximate surface area is 170 Å². The summed E-state index contributed by atoms with van der Waals surface area (Å²) in [5, 5.41) is 16.6. The van der Waals surface area contributed by atoms with Crippen molar-refractivity contribution >= 4 is 61.2 Å². The van der Waals surface area contributed by atoms with E-state index in [1.807, 2.05) is 35.9 Å². The lowest BCUT2D eigenvalue weighted by Crippen LogP contribution is -2.30. The Balaban J connectivity index is 1.62. The van der Waals surface area contributed by atoms with E-state index in [0.717, 1.165) is 15.7 Å². The number of fused-ring (bicyclic) bond motifs is 2. The van der Waals surface area contributed by atoms with Crippen LogP contribution in [-0.2, 0) is 7.05 Å². The number of hydrogen-bond donors (Lipinski definition) is 3. The number of rotatable bonds is 5. The number of aliphatic hydroxyl groups excluding tert-OH is 1. The van der Waals surface area contributed by atoms with Gasteiger partial charge < -0.3 is 20.3 Å². The van der Waals surface area contributed by atoms with Gasteiger partial charge in [0.15, 0.2) is 5.13 Å². The molecule has 144 valence electrons. The molecule has 0 radical (unpaired) electrons. The second-order valence-electron chi connectivity index (χ2n) is 6.51. The molecule has 28 heavy (non-hydrogen) atoms. The molecule has 7 nitrogen and oxygen atoms in total. The molecule has 0 saturated heterocycles. The minimum atomic E-state index is -0.595. The lowest BCUT2D eigenvalue weighted by atomic mass is 10.2. The molecule has 0 bridgehead atoms. The van der Waals surface area contributed by atoms with Gasteiger partial charge in [0.2, 0.25) is 5.95 Å². The van der Waals surface area contributed by atoms with Gasteiger partial charge in [0, 0.05) is 24.2 Å². The van der Waals surface area contributed by atoms with E-state index in [4.69, 9.17) is 11.6 Å². The third kappa shape index (κ3) is 3.66. The molecule has 1 atom stereocenters. The van der Waals surface area contributed by atoms with E-state index in [0.29, 0.717) is 27.2 Å². The van der Waals surface area contributed by atoms with Crippen molar-refractivity contribution in [2.24, 2.45) is 7.05 Å². The lowest BCUT2D eigenvalue weighted by Gasteiger charge is -2.07. The van der Waals surface area contributed by atoms with Crippen LogP contribution in [0.25, 0.3) is 21.3 Å². The van der Waals surface area contributed by atoms with E-state index in [9.17, 15) is 9.90 Å². The van der Waals surface area contributed by atoms with E-state index >= 15 is 0 Å². The highest BCUT2D eigenvalue weighted by Crippen LogP contribution is 2.30. The summed E-state index contributed by atoms with van der Waals surface area (Å²) >= 11 is 7.54. The maximum Gasteiger partial charge on any atom is 0.251 e. The van der Waals surface area contributed by atoms with Crippen LogP contribution in [0.4, 0.5) is 11.1 Å². The number of carbonyl (C=O) groups excluding carboxylic acids is 1. The molecule has 9 heteroatoms. The fraction of sp³-hybridized carbons (Fsp3) is 0.211. The highest BCUT2D eigenvalue weighted by atomic mass is 35.5. The third-order valence-corrected chi connectivity index (χ3v) is 5.44. The van der Waals surface area contributed by atoms with Crippen molar-refractivity contribution in [2.75, 3.05) is 11.9 Å². The summed E-state index contributed by atoms with van der Waals surface area (Å²) in [6, 6.07) is 10.9. The number of anilines is 2. The Morgan fingerprint density at radius 2 is 2.07 bits per heavy atom. The fourth-order valence-corrected chi connectivity index (χ4v) is 3.98. The summed E-state index contributed by atoms with van der Waals surface area (Å²) in [6.45, 7) is 1.82. The number of nitrogens with one attached hydrogen (secondary N) is 2. The van der Waals surface area contributed by atoms with Crippen LogP contribution in [0.15, 0.2) is 36.4 Å². The van der Waals surface area contributed by atoms with Crippen molar-refractivity contribution in [3.8, 4) is 0 Å². The Bertz CT molecular complexity index is 1180. The van der Waals surface area contributed by atoms with Crippen molar-refractivity contribution in [3.63, 3.8) is 0 Å². The third-order valence-electron chi connectivity index (χ3n) is 4.27. The summed E-state index contributed by atoms with van der Waals surface area (Å²) in [5.74, 6) is 0.382. The van der Waals surface area contributed by atoms with Crippen LogP contribution < -0.4 is 10.6 Å². The molecule has 1 amide bonds. The number of aryl methyl sites for hydroxylation is 1. The van der Waals surface area contributed by atoms with E-state index in [1.54, 1.807) is 19.1 Å². The van der Waals surface area contributed by atoms with Gasteiger partial charge in [0.25, 0.3) is 5.91 Å². The van der Waals surface area contributed by atoms with Gasteiger partial charge in [-0.15, -0.1) is 0 Å². The quantitative estimate of drug-likeness (QED) is 0.462. The lowest BCUT2D eigenvalue weighted by molar-refractivity contribution is 0.0924. The topological polar surface area (TPSA) is 92.1 Å². The van der Waals surface area contributed by atoms with Gasteiger partial charge >= 0.3 is 0 Å². The first-order chi connectivity index (χ1) is 13.4. The zero-order valence-corrected chi connectivity index (χ0v) is 16.8. The van der Waals surface area contributed by atoms with Gasteiger partial charge in [-0.3, -0.25) is 4.79 Å². The van der Waals surface area contributed by atoms with Crippen LogP contribution in [0.2, 0.25) is 5.02 Å². The van der Waals surface area contributed by atoms with Crippen molar-refractivity contribution in [3.05, 3.63) is 47.0 Å². The number of halogens is 1. The van der Waals surface area contributed by atoms with Gasteiger partial charge in [0.1, 0.15) is 0 Å². The minimum absolute atomic E-state index is 0.202. The smallest absolute Gasteiger partial charge is 0.251 e. The van der Waals surface area contributed by atoms with Crippen LogP contribution in [0.5, 0.6) is 0 Å². The highest BCUT2D eigenvalue weighted by molar-refractivity contribution is 7.22. The van der Waals surface area contributed by atoms with Gasteiger partial charge in [-0.2, -0.15) is 0 Å². The molecule has 0 saturated carbocycles. The Morgan fingerprint density at radius 3 is 2.86 bits per heavy atom. The van der Waals surface area contributed by atoms with Crippen molar-refractivity contribution in [1.82, 2.24) is 19.9 Å². The predicted molar refractivity (Wildman–Crippen MR) is 113 cm³/mol. The average Bonchev–Trinajstić information content (AvgIpc) is 3.19. The monoisotopic (exact) mass is 415 g/mol. The largest absolute Gasteiger partial charge is 0.392 e. The molecule has 2 heterocycles. The molecule has 4 rings (SSSR count). The SMILES string of the molecule is C[C@@H](O)CNC(=O)c1ccc2c(c1)nc(Nc1nc3ccc(Cl)cc3s1)n2C. The Morgan fingerprint density at radius 1 is 1.25 bits per heavy atom. The molecule has 2 aromatic heterocycles. The van der Waals surface area contributed by atoms with Crippen LogP contribution in [0.3, 0.4) is 0 Å². The van der Waals surface area contributed by atoms with Gasteiger partial charge in [-0.25, -0.2) is 9.97 Å². The molecule has 0 aliphatic heterocycles. The molecule has 0 aliphatic rings. The predicted octanol–water partition coefficient (Wildman–Crippen LogP) is 3.69. The molecule has 0 unspecified atom stereocenters. The van der Waals surface area contributed by atoms with Gasteiger partial charge in [0.05, 0.1) is 27.4 Å². The number of carbonyl (C=O) groups is 1. The van der Waals surface area contributed by atoms with Crippen LogP contribution in [0, 0.1) is 0 Å². The number of benzene rings is 2. The molecule has 3 N–H and O–H groups in total. The number of aromatic nitrogens is 3. The summed E-state index contributed by atoms with van der Waals surface area (Å²) in [7, 11) is 1.90. The summed E-state index contributed by atoms with van der Waals surface area (Å²) in [4.78, 5) is 21.4. The first kappa shape index (κ1) is 18.7. The van der Waals surface area contributed by atoms with Crippen LogP contribution >= 0.6 is 22.9 Å². The molecule has 0 spiro atoms. The van der Waals surface area contributed by atoms with E-state index in [-0.39, 0.29) is 12.5 Å². The molecule has 0 fully saturated rings. The van der Waals surface area contributed by atoms with Gasteiger partial charge in [-0.05, 0) is 43.3 Å². The van der Waals surface area contributed by atoms with Crippen molar-refractivity contribution in [1.29, 1.82) is 0 Å². The van der Waals surface area contributed by atoms with Crippen LogP contribution in [-0.4, -0.2) is 38.2 Å². The second-order valence-corrected chi connectivity index (χ2v) is 7.98. The minimum Gasteiger partial charge on any atom is -0.392 e. The number of imidazole rings is 1. The standard InChI is InChI=1S/C19H18ClN5O2S/c1-10(26)9-21-17(27)11-3-6-15-14(7-11)22-18(25(15)2)24-19-23-13-5-4-12(20)8-16(13)28-19/h3-8,10,26H,9H2,1-2H3,(H,21,27)(H,22,23,24)/t10-/m1/s1. The normalized spacial score (nSPS) is 12.4. The molecule has 4 aromatic rings. The van der Waals surface area contributed by atoms with Crippen molar-refractivity contribution in [2.45, 2.75) is 13.0 Å². The first-order valence-electron chi connectivity index (χ1n) is 8.66. The fourth-order valence-electron chi connectivity index (χ4n) is 2.84. The Hall–Kier alpha value is -2.68. The number of amides is 1. The van der Waals surface area contributed by atoms with Gasteiger partial charge in [-0.1, -0.05) is 22.9 Å². The zero-order valence-electron chi connectivity index (χ0n) is 15.2. The average molecular weight is 416 g/mol. The van der Waals surface area contributed by atoms with E-state index in [2.05, 4.69) is 20.6 Å². The second kappa shape index (κ2) is 7.38. The highest BCUT2D eigenvalue weighted by Gasteiger charge is 2.14.